The summed E-state index contributed by atoms with van der Waals surface area (Å²) in [6, 6.07) is -0.735. The molecular weight excluding hydrogens is 477 g/mol. The summed E-state index contributed by atoms with van der Waals surface area (Å²) in [5.41, 5.74) is 5.80. The molecule has 4 aliphatic rings. The van der Waals surface area contributed by atoms with Gasteiger partial charge in [-0.15, -0.1) is 0 Å². The first-order chi connectivity index (χ1) is 18.4. The second-order valence-electron chi connectivity index (χ2n) is 13.6. The van der Waals surface area contributed by atoms with Crippen molar-refractivity contribution in [1.29, 1.82) is 0 Å². The minimum atomic E-state index is -0.487. The van der Waals surface area contributed by atoms with Crippen LogP contribution in [0.1, 0.15) is 135 Å². The maximum absolute atomic E-state index is 14.2. The van der Waals surface area contributed by atoms with Gasteiger partial charge in [0.1, 0.15) is 12.7 Å². The van der Waals surface area contributed by atoms with Crippen LogP contribution < -0.4 is 11.1 Å². The number of nitrogens with zero attached hydrogens (tertiary/aromatic N) is 1. The highest BCUT2D eigenvalue weighted by atomic mass is 19.1. The third-order valence-electron chi connectivity index (χ3n) is 10.8. The fourth-order valence-electron chi connectivity index (χ4n) is 8.32. The highest BCUT2D eigenvalue weighted by Gasteiger charge is 2.47. The molecule has 0 unspecified atom stereocenters. The topological polar surface area (TPSA) is 75.4 Å². The van der Waals surface area contributed by atoms with E-state index in [4.69, 9.17) is 5.73 Å². The number of alkyl halides is 1. The lowest BCUT2D eigenvalue weighted by Crippen LogP contribution is -2.57. The van der Waals surface area contributed by atoms with Gasteiger partial charge in [-0.2, -0.15) is 0 Å². The van der Waals surface area contributed by atoms with E-state index < -0.39 is 12.7 Å². The Morgan fingerprint density at radius 1 is 0.842 bits per heavy atom. The average Bonchev–Trinajstić information content (AvgIpc) is 3.37. The van der Waals surface area contributed by atoms with E-state index in [0.717, 1.165) is 44.9 Å². The molecule has 38 heavy (non-hydrogen) atoms. The normalized spacial score (nSPS) is 32.8. The van der Waals surface area contributed by atoms with Crippen LogP contribution in [0, 0.1) is 23.7 Å². The predicted octanol–water partition coefficient (Wildman–Crippen LogP) is 6.68. The van der Waals surface area contributed by atoms with Crippen LogP contribution >= 0.6 is 0 Å². The van der Waals surface area contributed by atoms with Crippen LogP contribution in [0.5, 0.6) is 0 Å². The Kier molecular flexibility index (Phi) is 11.3. The molecule has 0 bridgehead atoms. The fourth-order valence-corrected chi connectivity index (χ4v) is 8.32. The van der Waals surface area contributed by atoms with Crippen molar-refractivity contribution < 1.29 is 14.0 Å². The Labute approximate surface area is 231 Å². The van der Waals surface area contributed by atoms with Gasteiger partial charge in [-0.1, -0.05) is 83.5 Å². The Hall–Kier alpha value is -1.17. The first-order valence-corrected chi connectivity index (χ1v) is 16.4. The summed E-state index contributed by atoms with van der Waals surface area (Å²) in [4.78, 5) is 30.1. The molecule has 3 saturated carbocycles. The van der Waals surface area contributed by atoms with E-state index in [1.165, 1.54) is 83.5 Å². The molecule has 3 N–H and O–H groups in total. The number of halogens is 1. The molecule has 3 aliphatic carbocycles. The molecule has 0 aromatic rings. The minimum absolute atomic E-state index is 0.0496. The number of carbonyl (C=O) groups excluding carboxylic acids is 2. The van der Waals surface area contributed by atoms with Crippen molar-refractivity contribution in [2.45, 2.75) is 153 Å². The minimum Gasteiger partial charge on any atom is -0.349 e. The smallest absolute Gasteiger partial charge is 0.243 e. The monoisotopic (exact) mass is 533 g/mol. The summed E-state index contributed by atoms with van der Waals surface area (Å²) in [6.45, 7) is 2.48. The molecule has 0 aromatic carbocycles. The van der Waals surface area contributed by atoms with Crippen molar-refractivity contribution in [3.8, 4) is 0 Å². The SMILES string of the molecule is CC1(NC(=O)[C@@H]2[C@H](C3CCCCC3)CCN2C(=O)[C@H]2CC[C@H]([C@H](N)CF)CC2)CCCCCCCCCC1. The first-order valence-electron chi connectivity index (χ1n) is 16.4. The summed E-state index contributed by atoms with van der Waals surface area (Å²) in [5.74, 6) is 1.23. The zero-order chi connectivity index (χ0) is 27.0. The lowest BCUT2D eigenvalue weighted by molar-refractivity contribution is -0.144. The number of nitrogens with one attached hydrogen (secondary N) is 1. The Balaban J connectivity index is 1.47. The maximum Gasteiger partial charge on any atom is 0.243 e. The van der Waals surface area contributed by atoms with Gasteiger partial charge in [0.05, 0.1) is 0 Å². The second-order valence-corrected chi connectivity index (χ2v) is 13.6. The molecule has 1 saturated heterocycles. The van der Waals surface area contributed by atoms with Crippen LogP contribution in [-0.2, 0) is 9.59 Å². The van der Waals surface area contributed by atoms with Gasteiger partial charge in [0, 0.05) is 24.0 Å². The summed E-state index contributed by atoms with van der Waals surface area (Å²) in [5, 5.41) is 3.57. The standard InChI is InChI=1S/C32H56FN3O2/c1-32(20-11-6-4-2-3-5-7-12-21-32)35-30(37)29-27(24-13-9-8-10-14-24)19-22-36(29)31(38)26-17-15-25(16-18-26)28(34)23-33/h24-29H,2-23,34H2,1H3,(H,35,37)/t25-,26-,27-,28+,29-/m0/s1. The Bertz CT molecular complexity index is 735. The van der Waals surface area contributed by atoms with E-state index in [1.807, 2.05) is 4.90 Å². The van der Waals surface area contributed by atoms with Crippen molar-refractivity contribution in [2.75, 3.05) is 13.2 Å². The van der Waals surface area contributed by atoms with Crippen LogP contribution in [0.3, 0.4) is 0 Å². The molecule has 2 amide bonds. The lowest BCUT2D eigenvalue weighted by Gasteiger charge is -2.39. The van der Waals surface area contributed by atoms with Crippen LogP contribution in [-0.4, -0.2) is 47.6 Å². The van der Waals surface area contributed by atoms with Crippen LogP contribution in [0.25, 0.3) is 0 Å². The number of carbonyl (C=O) groups is 2. The molecular formula is C32H56FN3O2. The highest BCUT2D eigenvalue weighted by Crippen LogP contribution is 2.41. The number of nitrogens with two attached hydrogens (primary N) is 1. The summed E-state index contributed by atoms with van der Waals surface area (Å²) in [6.07, 6.45) is 22.5. The van der Waals surface area contributed by atoms with Crippen molar-refractivity contribution in [1.82, 2.24) is 10.2 Å². The second kappa shape index (κ2) is 14.5. The summed E-state index contributed by atoms with van der Waals surface area (Å²) >= 11 is 0. The van der Waals surface area contributed by atoms with E-state index in [0.29, 0.717) is 12.5 Å². The third kappa shape index (κ3) is 7.73. The molecule has 218 valence electrons. The molecule has 0 radical (unpaired) electrons. The number of rotatable bonds is 6. The Morgan fingerprint density at radius 3 is 1.97 bits per heavy atom. The van der Waals surface area contributed by atoms with Gasteiger partial charge in [-0.3, -0.25) is 9.59 Å². The largest absolute Gasteiger partial charge is 0.349 e. The number of hydrogen-bond acceptors (Lipinski definition) is 3. The number of hydrogen-bond donors (Lipinski definition) is 2. The van der Waals surface area contributed by atoms with Crippen molar-refractivity contribution in [3.05, 3.63) is 0 Å². The molecule has 0 spiro atoms. The lowest BCUT2D eigenvalue weighted by atomic mass is 9.75. The molecule has 5 nitrogen and oxygen atoms in total. The molecule has 1 heterocycles. The molecule has 6 heteroatoms. The predicted molar refractivity (Wildman–Crippen MR) is 152 cm³/mol. The maximum atomic E-state index is 14.2. The van der Waals surface area contributed by atoms with Gasteiger partial charge in [0.25, 0.3) is 0 Å². The van der Waals surface area contributed by atoms with Crippen LogP contribution in [0.2, 0.25) is 0 Å². The average molecular weight is 534 g/mol. The summed E-state index contributed by atoms with van der Waals surface area (Å²) in [7, 11) is 0. The first kappa shape index (κ1) is 29.8. The van der Waals surface area contributed by atoms with Gasteiger partial charge in [-0.25, -0.2) is 4.39 Å². The number of amides is 2. The third-order valence-corrected chi connectivity index (χ3v) is 10.8. The molecule has 3 atom stereocenters. The van der Waals surface area contributed by atoms with Gasteiger partial charge in [-0.05, 0) is 69.6 Å². The van der Waals surface area contributed by atoms with Gasteiger partial charge < -0.3 is 16.0 Å². The fraction of sp³-hybridized carbons (Fsp3) is 0.938. The van der Waals surface area contributed by atoms with Crippen molar-refractivity contribution in [2.24, 2.45) is 29.4 Å². The molecule has 4 fully saturated rings. The van der Waals surface area contributed by atoms with Crippen molar-refractivity contribution >= 4 is 11.8 Å². The van der Waals surface area contributed by atoms with Crippen molar-refractivity contribution in [3.63, 3.8) is 0 Å². The number of likely N-dealkylation sites (tertiary alicyclic amines) is 1. The van der Waals surface area contributed by atoms with Gasteiger partial charge in [0.2, 0.25) is 11.8 Å². The van der Waals surface area contributed by atoms with E-state index >= 15 is 0 Å². The van der Waals surface area contributed by atoms with Gasteiger partial charge >= 0.3 is 0 Å². The van der Waals surface area contributed by atoms with Crippen LogP contribution in [0.4, 0.5) is 4.39 Å². The quantitative estimate of drug-likeness (QED) is 0.400. The molecule has 4 rings (SSSR count). The zero-order valence-electron chi connectivity index (χ0n) is 24.2. The van der Waals surface area contributed by atoms with E-state index in [1.54, 1.807) is 0 Å². The van der Waals surface area contributed by atoms with Crippen LogP contribution in [0.15, 0.2) is 0 Å². The van der Waals surface area contributed by atoms with E-state index in [-0.39, 0.29) is 41.1 Å². The Morgan fingerprint density at radius 2 is 1.39 bits per heavy atom. The van der Waals surface area contributed by atoms with E-state index in [9.17, 15) is 14.0 Å². The summed E-state index contributed by atoms with van der Waals surface area (Å²) < 4.78 is 13.1. The molecule has 1 aliphatic heterocycles. The van der Waals surface area contributed by atoms with E-state index in [2.05, 4.69) is 12.2 Å². The zero-order valence-corrected chi connectivity index (χ0v) is 24.2. The van der Waals surface area contributed by atoms with Gasteiger partial charge in [0.15, 0.2) is 0 Å². The molecule has 0 aromatic heterocycles. The highest BCUT2D eigenvalue weighted by molar-refractivity contribution is 5.90.